The molecular weight excluding hydrogens is 390 g/mol. The first-order chi connectivity index (χ1) is 12.0. The van der Waals surface area contributed by atoms with Crippen LogP contribution >= 0.6 is 15.9 Å². The van der Waals surface area contributed by atoms with Gasteiger partial charge in [0.15, 0.2) is 0 Å². The highest BCUT2D eigenvalue weighted by Crippen LogP contribution is 2.15. The maximum atomic E-state index is 11.8. The fourth-order valence-corrected chi connectivity index (χ4v) is 2.11. The molecule has 0 saturated heterocycles. The second-order valence-corrected chi connectivity index (χ2v) is 5.84. The number of ether oxygens (including phenoxy) is 1. The Balaban J connectivity index is 1.78. The lowest BCUT2D eigenvalue weighted by atomic mass is 10.3. The van der Waals surface area contributed by atoms with Gasteiger partial charge in [0.25, 0.3) is 0 Å². The first-order valence-corrected chi connectivity index (χ1v) is 8.06. The van der Waals surface area contributed by atoms with Crippen molar-refractivity contribution in [3.63, 3.8) is 0 Å². The number of carbonyl (C=O) groups is 3. The Morgan fingerprint density at radius 2 is 1.44 bits per heavy atom. The molecule has 0 bridgehead atoms. The van der Waals surface area contributed by atoms with Gasteiger partial charge < -0.3 is 20.7 Å². The number of halogens is 1. The minimum Gasteiger partial charge on any atom is -0.497 e. The lowest BCUT2D eigenvalue weighted by molar-refractivity contribution is -0.136. The molecule has 0 unspecified atom stereocenters. The lowest BCUT2D eigenvalue weighted by Crippen LogP contribution is -2.39. The molecule has 8 heteroatoms. The molecule has 0 aliphatic heterocycles. The molecule has 25 heavy (non-hydrogen) atoms. The Morgan fingerprint density at radius 3 is 2.04 bits per heavy atom. The molecule has 0 heterocycles. The van der Waals surface area contributed by atoms with Crippen LogP contribution in [0.5, 0.6) is 5.75 Å². The van der Waals surface area contributed by atoms with E-state index < -0.39 is 17.7 Å². The van der Waals surface area contributed by atoms with Gasteiger partial charge in [-0.15, -0.1) is 0 Å². The number of anilines is 2. The van der Waals surface area contributed by atoms with Gasteiger partial charge in [-0.2, -0.15) is 0 Å². The van der Waals surface area contributed by atoms with Crippen molar-refractivity contribution in [3.8, 4) is 5.75 Å². The minimum atomic E-state index is -0.896. The van der Waals surface area contributed by atoms with Gasteiger partial charge in [-0.25, -0.2) is 0 Å². The molecule has 0 aliphatic rings. The molecule has 0 atom stereocenters. The Morgan fingerprint density at radius 1 is 0.880 bits per heavy atom. The summed E-state index contributed by atoms with van der Waals surface area (Å²) >= 11 is 3.27. The maximum absolute atomic E-state index is 11.8. The fourth-order valence-electron chi connectivity index (χ4n) is 1.84. The van der Waals surface area contributed by atoms with E-state index in [0.717, 1.165) is 4.47 Å². The van der Waals surface area contributed by atoms with Crippen molar-refractivity contribution >= 4 is 45.0 Å². The normalized spacial score (nSPS) is 9.84. The van der Waals surface area contributed by atoms with Gasteiger partial charge in [0, 0.05) is 15.8 Å². The molecule has 0 saturated carbocycles. The number of carbonyl (C=O) groups excluding carboxylic acids is 3. The van der Waals surface area contributed by atoms with Crippen LogP contribution in [0.15, 0.2) is 53.0 Å². The Kier molecular flexibility index (Phi) is 6.53. The molecule has 3 amide bonds. The monoisotopic (exact) mass is 405 g/mol. The SMILES string of the molecule is COc1ccc(NC(=O)CNC(=O)C(=O)Nc2ccc(Br)cc2)cc1. The Hall–Kier alpha value is -2.87. The molecule has 130 valence electrons. The number of amides is 3. The average Bonchev–Trinajstić information content (AvgIpc) is 2.62. The van der Waals surface area contributed by atoms with Crippen LogP contribution in [0.2, 0.25) is 0 Å². The highest BCUT2D eigenvalue weighted by molar-refractivity contribution is 9.10. The summed E-state index contributed by atoms with van der Waals surface area (Å²) < 4.78 is 5.87. The molecular formula is C17H16BrN3O4. The minimum absolute atomic E-state index is 0.321. The number of rotatable bonds is 5. The summed E-state index contributed by atoms with van der Waals surface area (Å²) in [6.07, 6.45) is 0. The van der Waals surface area contributed by atoms with E-state index in [-0.39, 0.29) is 6.54 Å². The van der Waals surface area contributed by atoms with Crippen LogP contribution in [0, 0.1) is 0 Å². The van der Waals surface area contributed by atoms with E-state index in [9.17, 15) is 14.4 Å². The summed E-state index contributed by atoms with van der Waals surface area (Å²) in [7, 11) is 1.54. The van der Waals surface area contributed by atoms with Crippen LogP contribution in [-0.2, 0) is 14.4 Å². The van der Waals surface area contributed by atoms with Gasteiger partial charge >= 0.3 is 11.8 Å². The second-order valence-electron chi connectivity index (χ2n) is 4.92. The third kappa shape index (κ3) is 5.92. The van der Waals surface area contributed by atoms with Crippen molar-refractivity contribution in [3.05, 3.63) is 53.0 Å². The van der Waals surface area contributed by atoms with Crippen molar-refractivity contribution in [2.24, 2.45) is 0 Å². The van der Waals surface area contributed by atoms with Crippen LogP contribution in [0.3, 0.4) is 0 Å². The van der Waals surface area contributed by atoms with E-state index in [1.54, 1.807) is 55.6 Å². The molecule has 3 N–H and O–H groups in total. The third-order valence-corrected chi connectivity index (χ3v) is 3.62. The van der Waals surface area contributed by atoms with Gasteiger partial charge in [-0.05, 0) is 48.5 Å². The lowest BCUT2D eigenvalue weighted by Gasteiger charge is -2.08. The third-order valence-electron chi connectivity index (χ3n) is 3.09. The largest absolute Gasteiger partial charge is 0.497 e. The topological polar surface area (TPSA) is 96.5 Å². The van der Waals surface area contributed by atoms with E-state index in [0.29, 0.717) is 17.1 Å². The second kappa shape index (κ2) is 8.84. The van der Waals surface area contributed by atoms with Crippen LogP contribution in [-0.4, -0.2) is 31.4 Å². The van der Waals surface area contributed by atoms with Crippen LogP contribution < -0.4 is 20.7 Å². The maximum Gasteiger partial charge on any atom is 0.313 e. The highest BCUT2D eigenvalue weighted by atomic mass is 79.9. The summed E-state index contributed by atoms with van der Waals surface area (Å²) in [5.74, 6) is -1.53. The van der Waals surface area contributed by atoms with Crippen molar-refractivity contribution in [1.29, 1.82) is 0 Å². The van der Waals surface area contributed by atoms with E-state index >= 15 is 0 Å². The molecule has 0 aromatic heterocycles. The van der Waals surface area contributed by atoms with Gasteiger partial charge in [0.1, 0.15) is 5.75 Å². The quantitative estimate of drug-likeness (QED) is 0.663. The zero-order chi connectivity index (χ0) is 18.2. The van der Waals surface area contributed by atoms with Crippen LogP contribution in [0.25, 0.3) is 0 Å². The number of nitrogens with one attached hydrogen (secondary N) is 3. The number of benzene rings is 2. The molecule has 2 aromatic rings. The van der Waals surface area contributed by atoms with Gasteiger partial charge in [-0.3, -0.25) is 14.4 Å². The van der Waals surface area contributed by atoms with E-state index in [2.05, 4.69) is 31.9 Å². The Bertz CT molecular complexity index is 760. The standard InChI is InChI=1S/C17H16BrN3O4/c1-25-14-8-6-12(7-9-14)20-15(22)10-19-16(23)17(24)21-13-4-2-11(18)3-5-13/h2-9H,10H2,1H3,(H,19,23)(H,20,22)(H,21,24). The predicted octanol–water partition coefficient (Wildman–Crippen LogP) is 2.15. The average molecular weight is 406 g/mol. The van der Waals surface area contributed by atoms with Crippen molar-refractivity contribution in [1.82, 2.24) is 5.32 Å². The van der Waals surface area contributed by atoms with Crippen molar-refractivity contribution in [2.45, 2.75) is 0 Å². The van der Waals surface area contributed by atoms with Crippen LogP contribution in [0.1, 0.15) is 0 Å². The zero-order valence-corrected chi connectivity index (χ0v) is 14.9. The summed E-state index contributed by atoms with van der Waals surface area (Å²) in [6.45, 7) is -0.321. The van der Waals surface area contributed by atoms with Gasteiger partial charge in [0.05, 0.1) is 13.7 Å². The van der Waals surface area contributed by atoms with Gasteiger partial charge in [0.2, 0.25) is 5.91 Å². The molecule has 2 rings (SSSR count). The highest BCUT2D eigenvalue weighted by Gasteiger charge is 2.14. The first-order valence-electron chi connectivity index (χ1n) is 7.26. The summed E-state index contributed by atoms with van der Waals surface area (Å²) in [5, 5.41) is 7.29. The van der Waals surface area contributed by atoms with Crippen LogP contribution in [0.4, 0.5) is 11.4 Å². The number of hydrogen-bond acceptors (Lipinski definition) is 4. The zero-order valence-electron chi connectivity index (χ0n) is 13.3. The molecule has 0 fully saturated rings. The molecule has 0 aliphatic carbocycles. The Labute approximate surface area is 152 Å². The number of methoxy groups -OCH3 is 1. The van der Waals surface area contributed by atoms with Crippen molar-refractivity contribution < 1.29 is 19.1 Å². The van der Waals surface area contributed by atoms with E-state index in [4.69, 9.17) is 4.74 Å². The first kappa shape index (κ1) is 18.5. The molecule has 0 spiro atoms. The molecule has 7 nitrogen and oxygen atoms in total. The predicted molar refractivity (Wildman–Crippen MR) is 97.4 cm³/mol. The smallest absolute Gasteiger partial charge is 0.313 e. The summed E-state index contributed by atoms with van der Waals surface area (Å²) in [6, 6.07) is 13.5. The van der Waals surface area contributed by atoms with E-state index in [1.807, 2.05) is 0 Å². The number of hydrogen-bond donors (Lipinski definition) is 3. The van der Waals surface area contributed by atoms with Crippen molar-refractivity contribution in [2.75, 3.05) is 24.3 Å². The van der Waals surface area contributed by atoms with Gasteiger partial charge in [-0.1, -0.05) is 15.9 Å². The van der Waals surface area contributed by atoms with E-state index in [1.165, 1.54) is 0 Å². The molecule has 2 aromatic carbocycles. The molecule has 0 radical (unpaired) electrons. The fraction of sp³-hybridized carbons (Fsp3) is 0.118. The summed E-state index contributed by atoms with van der Waals surface area (Å²) in [4.78, 5) is 35.3. The summed E-state index contributed by atoms with van der Waals surface area (Å²) in [5.41, 5.74) is 1.03.